The number of hydrogen-bond acceptors (Lipinski definition) is 3. The van der Waals surface area contributed by atoms with Gasteiger partial charge in [0.15, 0.2) is 5.75 Å². The van der Waals surface area contributed by atoms with Gasteiger partial charge in [0, 0.05) is 5.69 Å². The van der Waals surface area contributed by atoms with Gasteiger partial charge in [-0.3, -0.25) is 4.79 Å². The number of para-hydroxylation sites is 1. The second-order valence-electron chi connectivity index (χ2n) is 7.72. The van der Waals surface area contributed by atoms with Crippen molar-refractivity contribution in [3.8, 4) is 11.8 Å². The van der Waals surface area contributed by atoms with E-state index in [1.54, 1.807) is 18.2 Å². The molecule has 0 heterocycles. The van der Waals surface area contributed by atoms with Crippen molar-refractivity contribution in [1.82, 2.24) is 0 Å². The molecule has 0 aliphatic rings. The molecule has 6 heteroatoms. The van der Waals surface area contributed by atoms with Crippen LogP contribution in [0, 0.1) is 18.3 Å². The molecule has 0 unspecified atom stereocenters. The zero-order chi connectivity index (χ0) is 24.1. The van der Waals surface area contributed by atoms with Gasteiger partial charge in [0.05, 0.1) is 10.0 Å². The first kappa shape index (κ1) is 23.4. The van der Waals surface area contributed by atoms with Gasteiger partial charge in [0.25, 0.3) is 5.91 Å². The number of carbonyl (C=O) groups is 1. The van der Waals surface area contributed by atoms with Gasteiger partial charge in [-0.25, -0.2) is 0 Å². The minimum atomic E-state index is -0.513. The van der Waals surface area contributed by atoms with Crippen LogP contribution in [0.5, 0.6) is 5.75 Å². The molecular weight excluding hydrogens is 467 g/mol. The van der Waals surface area contributed by atoms with E-state index in [9.17, 15) is 10.1 Å². The number of fused-ring (bicyclic) bond motifs is 1. The lowest BCUT2D eigenvalue weighted by Gasteiger charge is -2.12. The molecular formula is C28H20Cl2N2O2. The molecule has 0 saturated heterocycles. The van der Waals surface area contributed by atoms with E-state index in [2.05, 4.69) is 17.4 Å². The molecule has 0 fully saturated rings. The zero-order valence-corrected chi connectivity index (χ0v) is 19.8. The molecule has 4 aromatic rings. The third-order valence-corrected chi connectivity index (χ3v) is 5.85. The summed E-state index contributed by atoms with van der Waals surface area (Å²) in [6.07, 6.45) is 1.44. The van der Waals surface area contributed by atoms with Gasteiger partial charge in [-0.15, -0.1) is 0 Å². The van der Waals surface area contributed by atoms with E-state index >= 15 is 0 Å². The van der Waals surface area contributed by atoms with Crippen LogP contribution in [-0.4, -0.2) is 5.91 Å². The highest BCUT2D eigenvalue weighted by Crippen LogP contribution is 2.35. The second-order valence-corrected chi connectivity index (χ2v) is 8.54. The molecule has 0 aromatic heterocycles. The van der Waals surface area contributed by atoms with Gasteiger partial charge in [0.2, 0.25) is 0 Å². The first-order valence-electron chi connectivity index (χ1n) is 10.5. The van der Waals surface area contributed by atoms with E-state index in [4.69, 9.17) is 27.9 Å². The third-order valence-electron chi connectivity index (χ3n) is 5.29. The number of amides is 1. The molecule has 1 amide bonds. The van der Waals surface area contributed by atoms with Crippen molar-refractivity contribution in [2.45, 2.75) is 13.5 Å². The molecule has 4 nitrogen and oxygen atoms in total. The Balaban J connectivity index is 1.51. The Morgan fingerprint density at radius 3 is 2.35 bits per heavy atom. The largest absolute Gasteiger partial charge is 0.486 e. The molecule has 0 radical (unpaired) electrons. The summed E-state index contributed by atoms with van der Waals surface area (Å²) in [5, 5.41) is 15.1. The lowest BCUT2D eigenvalue weighted by Crippen LogP contribution is -2.14. The molecule has 0 saturated carbocycles. The van der Waals surface area contributed by atoms with E-state index in [0.717, 1.165) is 21.9 Å². The Kier molecular flexibility index (Phi) is 7.18. The van der Waals surface area contributed by atoms with Crippen LogP contribution in [0.1, 0.15) is 16.7 Å². The molecule has 168 valence electrons. The van der Waals surface area contributed by atoms with Crippen LogP contribution in [0.25, 0.3) is 16.8 Å². The lowest BCUT2D eigenvalue weighted by atomic mass is 10.1. The second kappa shape index (κ2) is 10.4. The first-order chi connectivity index (χ1) is 16.4. The van der Waals surface area contributed by atoms with Crippen LogP contribution in [0.2, 0.25) is 10.0 Å². The summed E-state index contributed by atoms with van der Waals surface area (Å²) < 4.78 is 5.90. The Morgan fingerprint density at radius 2 is 1.65 bits per heavy atom. The topological polar surface area (TPSA) is 62.1 Å². The monoisotopic (exact) mass is 486 g/mol. The number of anilines is 1. The number of halogens is 2. The van der Waals surface area contributed by atoms with Crippen LogP contribution < -0.4 is 10.1 Å². The fourth-order valence-electron chi connectivity index (χ4n) is 3.50. The van der Waals surface area contributed by atoms with E-state index in [1.165, 1.54) is 6.08 Å². The van der Waals surface area contributed by atoms with E-state index in [0.29, 0.717) is 23.6 Å². The predicted octanol–water partition coefficient (Wildman–Crippen LogP) is 7.58. The van der Waals surface area contributed by atoms with E-state index in [-0.39, 0.29) is 15.6 Å². The Labute approximate surface area is 208 Å². The van der Waals surface area contributed by atoms with Crippen LogP contribution in [0.3, 0.4) is 0 Å². The summed E-state index contributed by atoms with van der Waals surface area (Å²) in [5.74, 6) is -0.169. The highest BCUT2D eigenvalue weighted by atomic mass is 35.5. The molecule has 0 spiro atoms. The minimum absolute atomic E-state index is 0.0692. The number of rotatable bonds is 6. The smallest absolute Gasteiger partial charge is 0.266 e. The number of hydrogen-bond donors (Lipinski definition) is 1. The van der Waals surface area contributed by atoms with Gasteiger partial charge in [0.1, 0.15) is 18.2 Å². The molecule has 0 aliphatic carbocycles. The quantitative estimate of drug-likeness (QED) is 0.225. The summed E-state index contributed by atoms with van der Waals surface area (Å²) in [6.45, 7) is 2.17. The van der Waals surface area contributed by atoms with Gasteiger partial charge in [-0.05, 0) is 64.7 Å². The molecule has 0 bridgehead atoms. The number of aryl methyl sites for hydroxylation is 1. The Bertz CT molecular complexity index is 1430. The van der Waals surface area contributed by atoms with Crippen molar-refractivity contribution in [3.63, 3.8) is 0 Å². The van der Waals surface area contributed by atoms with Gasteiger partial charge in [-0.2, -0.15) is 5.26 Å². The van der Waals surface area contributed by atoms with Gasteiger partial charge < -0.3 is 10.1 Å². The summed E-state index contributed by atoms with van der Waals surface area (Å²) in [5.41, 5.74) is 2.97. The maximum atomic E-state index is 12.6. The predicted molar refractivity (Wildman–Crippen MR) is 138 cm³/mol. The SMILES string of the molecule is Cc1ccccc1NC(=O)/C(C#N)=C\c1cc(Cl)c(OCc2ccc3ccccc3c2)c(Cl)c1. The van der Waals surface area contributed by atoms with Crippen molar-refractivity contribution in [3.05, 3.63) is 111 Å². The third kappa shape index (κ3) is 5.40. The Hall–Kier alpha value is -3.78. The van der Waals surface area contributed by atoms with E-state index < -0.39 is 5.91 Å². The molecule has 4 aromatic carbocycles. The maximum absolute atomic E-state index is 12.6. The molecule has 4 rings (SSSR count). The van der Waals surface area contributed by atoms with Gasteiger partial charge in [-0.1, -0.05) is 77.8 Å². The summed E-state index contributed by atoms with van der Waals surface area (Å²) >= 11 is 12.9. The number of ether oxygens (including phenoxy) is 1. The normalized spacial score (nSPS) is 11.2. The summed E-state index contributed by atoms with van der Waals surface area (Å²) in [6, 6.07) is 26.7. The number of nitriles is 1. The average Bonchev–Trinajstić information content (AvgIpc) is 2.83. The Morgan fingerprint density at radius 1 is 0.971 bits per heavy atom. The minimum Gasteiger partial charge on any atom is -0.486 e. The van der Waals surface area contributed by atoms with Crippen LogP contribution in [-0.2, 0) is 11.4 Å². The number of benzene rings is 4. The number of carbonyl (C=O) groups excluding carboxylic acids is 1. The zero-order valence-electron chi connectivity index (χ0n) is 18.3. The van der Waals surface area contributed by atoms with Crippen LogP contribution in [0.4, 0.5) is 5.69 Å². The van der Waals surface area contributed by atoms with Crippen LogP contribution >= 0.6 is 23.2 Å². The highest BCUT2D eigenvalue weighted by molar-refractivity contribution is 6.37. The molecule has 34 heavy (non-hydrogen) atoms. The standard InChI is InChI=1S/C28H20Cl2N2O2/c1-18-6-2-5-9-26(18)32-28(33)23(16-31)13-20-14-24(29)27(25(30)15-20)34-17-19-10-11-21-7-3-4-8-22(21)12-19/h2-15H,17H2,1H3,(H,32,33)/b23-13-. The fourth-order valence-corrected chi connectivity index (χ4v) is 4.12. The fraction of sp³-hybridized carbons (Fsp3) is 0.0714. The van der Waals surface area contributed by atoms with Crippen molar-refractivity contribution in [1.29, 1.82) is 5.26 Å². The van der Waals surface area contributed by atoms with Crippen molar-refractivity contribution < 1.29 is 9.53 Å². The first-order valence-corrected chi connectivity index (χ1v) is 11.3. The molecule has 1 N–H and O–H groups in total. The maximum Gasteiger partial charge on any atom is 0.266 e. The van der Waals surface area contributed by atoms with Crippen molar-refractivity contribution in [2.75, 3.05) is 5.32 Å². The summed E-state index contributed by atoms with van der Waals surface area (Å²) in [4.78, 5) is 12.6. The summed E-state index contributed by atoms with van der Waals surface area (Å²) in [7, 11) is 0. The van der Waals surface area contributed by atoms with Crippen LogP contribution in [0.15, 0.2) is 84.4 Å². The van der Waals surface area contributed by atoms with Crippen molar-refractivity contribution in [2.24, 2.45) is 0 Å². The van der Waals surface area contributed by atoms with Crippen molar-refractivity contribution >= 4 is 51.6 Å². The number of nitrogens with zero attached hydrogens (tertiary/aromatic N) is 1. The lowest BCUT2D eigenvalue weighted by molar-refractivity contribution is -0.112. The molecule has 0 atom stereocenters. The molecule has 0 aliphatic heterocycles. The number of nitrogens with one attached hydrogen (secondary N) is 1. The van der Waals surface area contributed by atoms with Gasteiger partial charge >= 0.3 is 0 Å². The van der Waals surface area contributed by atoms with E-state index in [1.807, 2.05) is 61.5 Å². The average molecular weight is 487 g/mol. The highest BCUT2D eigenvalue weighted by Gasteiger charge is 2.14.